The highest BCUT2D eigenvalue weighted by Crippen LogP contribution is 2.20. The first-order chi connectivity index (χ1) is 13.8. The Balaban J connectivity index is 2.21. The number of aromatic amines is 1. The molecule has 0 fully saturated rings. The molecule has 0 saturated heterocycles. The van der Waals surface area contributed by atoms with E-state index in [9.17, 15) is 14.4 Å². The highest BCUT2D eigenvalue weighted by atomic mass is 16.5. The van der Waals surface area contributed by atoms with Gasteiger partial charge in [-0.3, -0.25) is 14.6 Å². The van der Waals surface area contributed by atoms with Gasteiger partial charge in [-0.15, -0.1) is 0 Å². The lowest BCUT2D eigenvalue weighted by atomic mass is 10.0. The minimum absolute atomic E-state index is 0.0500. The van der Waals surface area contributed by atoms with E-state index in [0.717, 1.165) is 5.69 Å². The van der Waals surface area contributed by atoms with Crippen molar-refractivity contribution in [3.05, 3.63) is 52.6 Å². The Morgan fingerprint density at radius 1 is 1.21 bits per heavy atom. The molecule has 0 aliphatic rings. The number of rotatable bonds is 9. The van der Waals surface area contributed by atoms with Crippen LogP contribution >= 0.6 is 0 Å². The number of ether oxygens (including phenoxy) is 1. The van der Waals surface area contributed by atoms with Crippen LogP contribution in [-0.2, 0) is 16.0 Å². The summed E-state index contributed by atoms with van der Waals surface area (Å²) in [5.41, 5.74) is 2.72. The van der Waals surface area contributed by atoms with Crippen molar-refractivity contribution in [3.63, 3.8) is 0 Å². The minimum atomic E-state index is -0.489. The molecule has 0 radical (unpaired) electrons. The zero-order valence-corrected chi connectivity index (χ0v) is 17.7. The average Bonchev–Trinajstić information content (AvgIpc) is 2.99. The fourth-order valence-corrected chi connectivity index (χ4v) is 3.26. The number of carbonyl (C=O) groups excluding carboxylic acids is 3. The first-order valence-electron chi connectivity index (χ1n) is 9.84. The summed E-state index contributed by atoms with van der Waals surface area (Å²) < 4.78 is 5.04. The number of hydrogen-bond acceptors (Lipinski definition) is 5. The third-order valence-electron chi connectivity index (χ3n) is 4.70. The number of aryl methyl sites for hydroxylation is 1. The van der Waals surface area contributed by atoms with Gasteiger partial charge in [0.25, 0.3) is 0 Å². The second kappa shape index (κ2) is 10.0. The number of nitrogens with one attached hydrogen (secondary N) is 1. The summed E-state index contributed by atoms with van der Waals surface area (Å²) in [7, 11) is 0. The van der Waals surface area contributed by atoms with Gasteiger partial charge in [0.15, 0.2) is 5.78 Å². The van der Waals surface area contributed by atoms with Crippen molar-refractivity contribution in [2.24, 2.45) is 5.92 Å². The lowest BCUT2D eigenvalue weighted by Gasteiger charge is -2.24. The van der Waals surface area contributed by atoms with Crippen LogP contribution in [0.25, 0.3) is 0 Å². The van der Waals surface area contributed by atoms with E-state index in [1.807, 2.05) is 32.0 Å². The second-order valence-corrected chi connectivity index (χ2v) is 7.25. The summed E-state index contributed by atoms with van der Waals surface area (Å²) >= 11 is 0. The third-order valence-corrected chi connectivity index (χ3v) is 4.70. The molecule has 2 aromatic rings. The number of carbonyl (C=O) groups is 3. The predicted molar refractivity (Wildman–Crippen MR) is 110 cm³/mol. The maximum Gasteiger partial charge on any atom is 0.355 e. The van der Waals surface area contributed by atoms with E-state index in [4.69, 9.17) is 4.74 Å². The molecule has 29 heavy (non-hydrogen) atoms. The fraction of sp³-hybridized carbons (Fsp3) is 0.455. The van der Waals surface area contributed by atoms with Crippen molar-refractivity contribution in [2.45, 2.75) is 41.0 Å². The summed E-state index contributed by atoms with van der Waals surface area (Å²) in [6, 6.07) is 5.63. The Labute approximate surface area is 171 Å². The van der Waals surface area contributed by atoms with E-state index in [2.05, 4.69) is 9.97 Å². The third kappa shape index (κ3) is 5.53. The maximum absolute atomic E-state index is 13.0. The topological polar surface area (TPSA) is 92.4 Å². The molecule has 0 saturated carbocycles. The van der Waals surface area contributed by atoms with Crippen LogP contribution in [-0.4, -0.2) is 52.2 Å². The van der Waals surface area contributed by atoms with Crippen molar-refractivity contribution in [3.8, 4) is 0 Å². The molecule has 0 atom stereocenters. The van der Waals surface area contributed by atoms with Crippen LogP contribution in [0.3, 0.4) is 0 Å². The number of H-pyrrole nitrogens is 1. The van der Waals surface area contributed by atoms with Crippen molar-refractivity contribution in [1.29, 1.82) is 0 Å². The van der Waals surface area contributed by atoms with Gasteiger partial charge in [0.05, 0.1) is 13.2 Å². The molecule has 2 rings (SSSR count). The number of esters is 1. The van der Waals surface area contributed by atoms with Crippen molar-refractivity contribution < 1.29 is 19.1 Å². The van der Waals surface area contributed by atoms with Crippen LogP contribution in [0.4, 0.5) is 0 Å². The van der Waals surface area contributed by atoms with Gasteiger partial charge in [0.2, 0.25) is 5.91 Å². The Morgan fingerprint density at radius 2 is 1.93 bits per heavy atom. The summed E-state index contributed by atoms with van der Waals surface area (Å²) in [5, 5.41) is 0. The SMILES string of the molecule is CCOC(=O)c1[nH]c(C)c(C(=O)CN(CCc2ccccn2)C(=O)C(C)C)c1C. The molecule has 0 aromatic carbocycles. The molecule has 156 valence electrons. The Hall–Kier alpha value is -2.96. The van der Waals surface area contributed by atoms with Gasteiger partial charge < -0.3 is 14.6 Å². The predicted octanol–water partition coefficient (Wildman–Crippen LogP) is 3.11. The summed E-state index contributed by atoms with van der Waals surface area (Å²) in [5.74, 6) is -1.01. The Bertz CT molecular complexity index is 872. The maximum atomic E-state index is 13.0. The molecule has 2 heterocycles. The number of ketones is 1. The van der Waals surface area contributed by atoms with Crippen LogP contribution in [0.15, 0.2) is 24.4 Å². The van der Waals surface area contributed by atoms with E-state index in [1.54, 1.807) is 31.9 Å². The molecule has 1 amide bonds. The van der Waals surface area contributed by atoms with Crippen LogP contribution in [0.1, 0.15) is 58.6 Å². The molecule has 0 spiro atoms. The van der Waals surface area contributed by atoms with Gasteiger partial charge >= 0.3 is 5.97 Å². The number of nitrogens with zero attached hydrogens (tertiary/aromatic N) is 2. The number of pyridine rings is 1. The monoisotopic (exact) mass is 399 g/mol. The highest BCUT2D eigenvalue weighted by molar-refractivity contribution is 6.04. The molecule has 1 N–H and O–H groups in total. The summed E-state index contributed by atoms with van der Waals surface area (Å²) in [6.07, 6.45) is 2.27. The minimum Gasteiger partial charge on any atom is -0.461 e. The van der Waals surface area contributed by atoms with Gasteiger partial charge in [0.1, 0.15) is 5.69 Å². The van der Waals surface area contributed by atoms with E-state index < -0.39 is 5.97 Å². The van der Waals surface area contributed by atoms with Crippen molar-refractivity contribution in [2.75, 3.05) is 19.7 Å². The Kier molecular flexibility index (Phi) is 7.70. The number of hydrogen-bond donors (Lipinski definition) is 1. The van der Waals surface area contributed by atoms with Gasteiger partial charge in [-0.2, -0.15) is 0 Å². The smallest absolute Gasteiger partial charge is 0.355 e. The summed E-state index contributed by atoms with van der Waals surface area (Å²) in [6.45, 7) is 9.41. The molecule has 0 aliphatic heterocycles. The van der Waals surface area contributed by atoms with Gasteiger partial charge in [-0.05, 0) is 38.5 Å². The number of Topliss-reactive ketones (excluding diaryl/α,β-unsaturated/α-hetero) is 1. The van der Waals surface area contributed by atoms with Crippen molar-refractivity contribution in [1.82, 2.24) is 14.9 Å². The first kappa shape index (κ1) is 22.3. The molecule has 2 aromatic heterocycles. The lowest BCUT2D eigenvalue weighted by Crippen LogP contribution is -2.40. The molecule has 0 unspecified atom stereocenters. The largest absolute Gasteiger partial charge is 0.461 e. The van der Waals surface area contributed by atoms with Crippen LogP contribution < -0.4 is 0 Å². The molecule has 7 heteroatoms. The van der Waals surface area contributed by atoms with Crippen molar-refractivity contribution >= 4 is 17.7 Å². The average molecular weight is 399 g/mol. The standard InChI is InChI=1S/C22H29N3O4/c1-6-29-22(28)20-15(4)19(16(5)24-20)18(26)13-25(21(27)14(2)3)12-10-17-9-7-8-11-23-17/h7-9,11,14,24H,6,10,12-13H2,1-5H3. The van der Waals surface area contributed by atoms with Gasteiger partial charge in [-0.25, -0.2) is 4.79 Å². The van der Waals surface area contributed by atoms with Gasteiger partial charge in [-0.1, -0.05) is 19.9 Å². The normalized spacial score (nSPS) is 10.8. The zero-order valence-electron chi connectivity index (χ0n) is 17.7. The number of aromatic nitrogens is 2. The van der Waals surface area contributed by atoms with Crippen LogP contribution in [0.5, 0.6) is 0 Å². The number of amides is 1. The van der Waals surface area contributed by atoms with Crippen LogP contribution in [0, 0.1) is 19.8 Å². The molecule has 0 bridgehead atoms. The van der Waals surface area contributed by atoms with E-state index in [-0.39, 0.29) is 36.5 Å². The fourth-order valence-electron chi connectivity index (χ4n) is 3.26. The van der Waals surface area contributed by atoms with E-state index >= 15 is 0 Å². The zero-order chi connectivity index (χ0) is 21.6. The molecule has 0 aliphatic carbocycles. The molecule has 7 nitrogen and oxygen atoms in total. The lowest BCUT2D eigenvalue weighted by molar-refractivity contribution is -0.134. The first-order valence-corrected chi connectivity index (χ1v) is 9.84. The van der Waals surface area contributed by atoms with Crippen LogP contribution in [0.2, 0.25) is 0 Å². The second-order valence-electron chi connectivity index (χ2n) is 7.25. The van der Waals surface area contributed by atoms with E-state index in [0.29, 0.717) is 29.8 Å². The highest BCUT2D eigenvalue weighted by Gasteiger charge is 2.26. The van der Waals surface area contributed by atoms with Gasteiger partial charge in [0, 0.05) is 42.0 Å². The Morgan fingerprint density at radius 3 is 2.52 bits per heavy atom. The molecular weight excluding hydrogens is 370 g/mol. The van der Waals surface area contributed by atoms with E-state index in [1.165, 1.54) is 0 Å². The molecular formula is C22H29N3O4. The quantitative estimate of drug-likeness (QED) is 0.517. The summed E-state index contributed by atoms with van der Waals surface area (Å²) in [4.78, 5) is 46.6.